The number of rotatable bonds is 4. The number of anilines is 1. The number of benzene rings is 2. The Morgan fingerprint density at radius 1 is 0.958 bits per heavy atom. The van der Waals surface area contributed by atoms with Crippen LogP contribution in [-0.2, 0) is 0 Å². The summed E-state index contributed by atoms with van der Waals surface area (Å²) in [5, 5.41) is 11.8. The molecular weight excluding hydrogens is 304 g/mol. The third-order valence-corrected chi connectivity index (χ3v) is 3.76. The highest BCUT2D eigenvalue weighted by Crippen LogP contribution is 2.18. The Morgan fingerprint density at radius 3 is 2.21 bits per heavy atom. The van der Waals surface area contributed by atoms with E-state index in [1.165, 1.54) is 12.1 Å². The third-order valence-electron chi connectivity index (χ3n) is 3.76. The van der Waals surface area contributed by atoms with Crippen molar-refractivity contribution < 1.29 is 14.7 Å². The SMILES string of the molecule is Cc1ccc(C(=O)O)cc1NC(=O)c1ccc(-n2cccc2)cc1. The summed E-state index contributed by atoms with van der Waals surface area (Å²) in [6.45, 7) is 1.82. The minimum absolute atomic E-state index is 0.138. The molecule has 0 saturated heterocycles. The Bertz CT molecular complexity index is 881. The van der Waals surface area contributed by atoms with Crippen molar-refractivity contribution in [1.29, 1.82) is 0 Å². The smallest absolute Gasteiger partial charge is 0.335 e. The van der Waals surface area contributed by atoms with Crippen LogP contribution in [0.5, 0.6) is 0 Å². The van der Waals surface area contributed by atoms with Gasteiger partial charge in [-0.05, 0) is 61.0 Å². The maximum Gasteiger partial charge on any atom is 0.335 e. The first-order valence-corrected chi connectivity index (χ1v) is 7.43. The molecule has 120 valence electrons. The van der Waals surface area contributed by atoms with Crippen LogP contribution in [0.4, 0.5) is 5.69 Å². The highest BCUT2D eigenvalue weighted by atomic mass is 16.4. The van der Waals surface area contributed by atoms with E-state index in [4.69, 9.17) is 5.11 Å². The van der Waals surface area contributed by atoms with E-state index in [0.717, 1.165) is 11.3 Å². The van der Waals surface area contributed by atoms with Crippen LogP contribution in [0.1, 0.15) is 26.3 Å². The van der Waals surface area contributed by atoms with Gasteiger partial charge in [-0.1, -0.05) is 6.07 Å². The molecule has 5 nitrogen and oxygen atoms in total. The van der Waals surface area contributed by atoms with Gasteiger partial charge in [-0.25, -0.2) is 4.79 Å². The molecule has 0 saturated carbocycles. The fourth-order valence-electron chi connectivity index (χ4n) is 2.38. The fourth-order valence-corrected chi connectivity index (χ4v) is 2.38. The summed E-state index contributed by atoms with van der Waals surface area (Å²) in [6, 6.07) is 15.7. The number of nitrogens with one attached hydrogen (secondary N) is 1. The summed E-state index contributed by atoms with van der Waals surface area (Å²) in [5.74, 6) is -1.30. The molecule has 2 N–H and O–H groups in total. The molecular formula is C19H16N2O3. The molecule has 5 heteroatoms. The zero-order valence-electron chi connectivity index (χ0n) is 13.1. The molecule has 0 aliphatic rings. The first-order valence-electron chi connectivity index (χ1n) is 7.43. The quantitative estimate of drug-likeness (QED) is 0.769. The Kier molecular flexibility index (Phi) is 4.16. The Morgan fingerprint density at radius 2 is 1.58 bits per heavy atom. The maximum absolute atomic E-state index is 12.4. The fraction of sp³-hybridized carbons (Fsp3) is 0.0526. The molecule has 2 aromatic carbocycles. The zero-order chi connectivity index (χ0) is 17.1. The predicted molar refractivity (Wildman–Crippen MR) is 91.9 cm³/mol. The highest BCUT2D eigenvalue weighted by molar-refractivity contribution is 6.05. The van der Waals surface area contributed by atoms with Gasteiger partial charge in [-0.2, -0.15) is 0 Å². The van der Waals surface area contributed by atoms with Crippen molar-refractivity contribution in [3.63, 3.8) is 0 Å². The van der Waals surface area contributed by atoms with E-state index in [-0.39, 0.29) is 11.5 Å². The minimum atomic E-state index is -1.03. The lowest BCUT2D eigenvalue weighted by atomic mass is 10.1. The second kappa shape index (κ2) is 6.42. The number of aromatic carboxylic acids is 1. The molecule has 24 heavy (non-hydrogen) atoms. The molecule has 0 spiro atoms. The molecule has 0 bridgehead atoms. The van der Waals surface area contributed by atoms with E-state index < -0.39 is 5.97 Å². The van der Waals surface area contributed by atoms with E-state index in [2.05, 4.69) is 5.32 Å². The summed E-state index contributed by atoms with van der Waals surface area (Å²) in [6.07, 6.45) is 3.85. The van der Waals surface area contributed by atoms with Gasteiger partial charge in [-0.3, -0.25) is 4.79 Å². The average molecular weight is 320 g/mol. The second-order valence-corrected chi connectivity index (χ2v) is 5.43. The first kappa shape index (κ1) is 15.6. The van der Waals surface area contributed by atoms with Gasteiger partial charge >= 0.3 is 5.97 Å². The molecule has 3 rings (SSSR count). The van der Waals surface area contributed by atoms with Gasteiger partial charge in [0.2, 0.25) is 0 Å². The predicted octanol–water partition coefficient (Wildman–Crippen LogP) is 3.74. The summed E-state index contributed by atoms with van der Waals surface area (Å²) < 4.78 is 1.95. The molecule has 0 aliphatic carbocycles. The van der Waals surface area contributed by atoms with Gasteiger partial charge < -0.3 is 15.0 Å². The van der Waals surface area contributed by atoms with Crippen LogP contribution >= 0.6 is 0 Å². The molecule has 0 unspecified atom stereocenters. The number of aromatic nitrogens is 1. The monoisotopic (exact) mass is 320 g/mol. The number of hydrogen-bond donors (Lipinski definition) is 2. The second-order valence-electron chi connectivity index (χ2n) is 5.43. The lowest BCUT2D eigenvalue weighted by molar-refractivity contribution is 0.0696. The van der Waals surface area contributed by atoms with Crippen molar-refractivity contribution in [3.8, 4) is 5.69 Å². The third kappa shape index (κ3) is 3.20. The molecule has 3 aromatic rings. The summed E-state index contributed by atoms with van der Waals surface area (Å²) in [7, 11) is 0. The van der Waals surface area contributed by atoms with Gasteiger partial charge in [-0.15, -0.1) is 0 Å². The highest BCUT2D eigenvalue weighted by Gasteiger charge is 2.11. The number of carbonyl (C=O) groups is 2. The Hall–Kier alpha value is -3.34. The number of nitrogens with zero attached hydrogens (tertiary/aromatic N) is 1. The number of aryl methyl sites for hydroxylation is 1. The van der Waals surface area contributed by atoms with Crippen LogP contribution in [0.2, 0.25) is 0 Å². The standard InChI is InChI=1S/C19H16N2O3/c1-13-4-5-15(19(23)24)12-17(13)20-18(22)14-6-8-16(9-7-14)21-10-2-3-11-21/h2-12H,1H3,(H,20,22)(H,23,24). The molecule has 1 amide bonds. The first-order chi connectivity index (χ1) is 11.5. The number of carbonyl (C=O) groups excluding carboxylic acids is 1. The molecule has 1 aromatic heterocycles. The van der Waals surface area contributed by atoms with E-state index in [0.29, 0.717) is 11.3 Å². The van der Waals surface area contributed by atoms with Crippen LogP contribution in [0.25, 0.3) is 5.69 Å². The van der Waals surface area contributed by atoms with Crippen LogP contribution in [0.15, 0.2) is 67.0 Å². The van der Waals surface area contributed by atoms with Crippen molar-refractivity contribution >= 4 is 17.6 Å². The van der Waals surface area contributed by atoms with E-state index in [9.17, 15) is 9.59 Å². The van der Waals surface area contributed by atoms with Gasteiger partial charge in [0.15, 0.2) is 0 Å². The van der Waals surface area contributed by atoms with Crippen molar-refractivity contribution in [1.82, 2.24) is 4.57 Å². The number of carboxylic acids is 1. The molecule has 0 atom stereocenters. The van der Waals surface area contributed by atoms with Gasteiger partial charge in [0.1, 0.15) is 0 Å². The summed E-state index contributed by atoms with van der Waals surface area (Å²) in [5.41, 5.74) is 2.90. The van der Waals surface area contributed by atoms with Crippen molar-refractivity contribution in [2.45, 2.75) is 6.92 Å². The normalized spacial score (nSPS) is 10.4. The molecule has 0 fully saturated rings. The minimum Gasteiger partial charge on any atom is -0.478 e. The number of carboxylic acid groups (broad SMARTS) is 1. The van der Waals surface area contributed by atoms with Crippen molar-refractivity contribution in [3.05, 3.63) is 83.7 Å². The van der Waals surface area contributed by atoms with Gasteiger partial charge in [0.25, 0.3) is 5.91 Å². The molecule has 0 aliphatic heterocycles. The van der Waals surface area contributed by atoms with Crippen LogP contribution in [0, 0.1) is 6.92 Å². The lowest BCUT2D eigenvalue weighted by Crippen LogP contribution is -2.13. The Labute approximate surface area is 139 Å². The van der Waals surface area contributed by atoms with E-state index in [1.807, 2.05) is 48.1 Å². The topological polar surface area (TPSA) is 71.3 Å². The largest absolute Gasteiger partial charge is 0.478 e. The van der Waals surface area contributed by atoms with Crippen molar-refractivity contribution in [2.75, 3.05) is 5.32 Å². The number of amides is 1. The van der Waals surface area contributed by atoms with Gasteiger partial charge in [0.05, 0.1) is 5.56 Å². The lowest BCUT2D eigenvalue weighted by Gasteiger charge is -2.10. The van der Waals surface area contributed by atoms with Crippen LogP contribution in [0.3, 0.4) is 0 Å². The zero-order valence-corrected chi connectivity index (χ0v) is 13.1. The van der Waals surface area contributed by atoms with Crippen LogP contribution in [-0.4, -0.2) is 21.6 Å². The van der Waals surface area contributed by atoms with E-state index >= 15 is 0 Å². The molecule has 1 heterocycles. The van der Waals surface area contributed by atoms with Gasteiger partial charge in [0, 0.05) is 29.3 Å². The maximum atomic E-state index is 12.4. The van der Waals surface area contributed by atoms with Crippen molar-refractivity contribution in [2.24, 2.45) is 0 Å². The summed E-state index contributed by atoms with van der Waals surface area (Å²) >= 11 is 0. The van der Waals surface area contributed by atoms with E-state index in [1.54, 1.807) is 18.2 Å². The summed E-state index contributed by atoms with van der Waals surface area (Å²) in [4.78, 5) is 23.4. The number of hydrogen-bond acceptors (Lipinski definition) is 2. The average Bonchev–Trinajstić information content (AvgIpc) is 3.11. The Balaban J connectivity index is 1.80. The van der Waals surface area contributed by atoms with Crippen LogP contribution < -0.4 is 5.32 Å². The molecule has 0 radical (unpaired) electrons.